The zero-order chi connectivity index (χ0) is 26.4. The molecule has 2 amide bonds. The molecule has 0 fully saturated rings. The van der Waals surface area contributed by atoms with Crippen LogP contribution in [0, 0.1) is 0 Å². The van der Waals surface area contributed by atoms with E-state index in [0.29, 0.717) is 98.1 Å². The summed E-state index contributed by atoms with van der Waals surface area (Å²) in [5.41, 5.74) is 0.539. The molecule has 0 bridgehead atoms. The number of ether oxygens (including phenoxy) is 7. The van der Waals surface area contributed by atoms with Gasteiger partial charge in [0.15, 0.2) is 0 Å². The minimum atomic E-state index is -0.343. The van der Waals surface area contributed by atoms with Crippen molar-refractivity contribution >= 4 is 11.8 Å². The maximum Gasteiger partial charge on any atom is 0.253 e. The van der Waals surface area contributed by atoms with Crippen LogP contribution in [0.4, 0.5) is 0 Å². The van der Waals surface area contributed by atoms with Crippen molar-refractivity contribution < 1.29 is 42.7 Å². The molecule has 210 valence electrons. The van der Waals surface area contributed by atoms with Crippen molar-refractivity contribution in [3.05, 3.63) is 24.0 Å². The molecule has 0 aromatic carbocycles. The van der Waals surface area contributed by atoms with Crippen molar-refractivity contribution in [3.8, 4) is 0 Å². The fourth-order valence-corrected chi connectivity index (χ4v) is 2.99. The largest absolute Gasteiger partial charge is 0.379 e. The van der Waals surface area contributed by atoms with Crippen LogP contribution in [-0.4, -0.2) is 124 Å². The second-order valence-corrected chi connectivity index (χ2v) is 7.86. The van der Waals surface area contributed by atoms with Crippen LogP contribution in [0.5, 0.6) is 0 Å². The van der Waals surface area contributed by atoms with Crippen LogP contribution >= 0.6 is 0 Å². The lowest BCUT2D eigenvalue weighted by Gasteiger charge is -2.10. The number of hydrogen-bond acceptors (Lipinski definition) is 11. The third-order valence-electron chi connectivity index (χ3n) is 4.85. The van der Waals surface area contributed by atoms with Crippen molar-refractivity contribution in [1.82, 2.24) is 19.9 Å². The van der Waals surface area contributed by atoms with Gasteiger partial charge in [-0.2, -0.15) is 0 Å². The van der Waals surface area contributed by atoms with Gasteiger partial charge in [0, 0.05) is 18.8 Å². The van der Waals surface area contributed by atoms with E-state index in [2.05, 4.69) is 17.2 Å². The smallest absolute Gasteiger partial charge is 0.253 e. The van der Waals surface area contributed by atoms with E-state index in [1.807, 2.05) is 0 Å². The highest BCUT2D eigenvalue weighted by Crippen LogP contribution is 2.08. The summed E-state index contributed by atoms with van der Waals surface area (Å²) in [6, 6.07) is 0. The molecule has 0 aliphatic carbocycles. The molecule has 0 N–H and O–H groups in total. The first-order chi connectivity index (χ1) is 18.2. The lowest BCUT2D eigenvalue weighted by Crippen LogP contribution is -2.29. The first-order valence-corrected chi connectivity index (χ1v) is 12.7. The van der Waals surface area contributed by atoms with Gasteiger partial charge >= 0.3 is 0 Å². The zero-order valence-electron chi connectivity index (χ0n) is 21.7. The molecule has 0 saturated heterocycles. The number of carbonyl (C=O) groups excluding carboxylic acids is 2. The molecule has 0 unspecified atom stereocenters. The zero-order valence-corrected chi connectivity index (χ0v) is 21.7. The normalized spacial score (nSPS) is 13.4. The number of aromatic nitrogens is 3. The van der Waals surface area contributed by atoms with Gasteiger partial charge in [-0.05, 0) is 6.42 Å². The predicted octanol–water partition coefficient (Wildman–Crippen LogP) is 0.229. The minimum Gasteiger partial charge on any atom is -0.379 e. The fourth-order valence-electron chi connectivity index (χ4n) is 2.99. The van der Waals surface area contributed by atoms with Crippen LogP contribution in [0.2, 0.25) is 0 Å². The Hall–Kier alpha value is -2.26. The molecule has 0 spiro atoms. The molecule has 0 atom stereocenters. The van der Waals surface area contributed by atoms with Gasteiger partial charge in [-0.15, -0.1) is 5.10 Å². The highest BCUT2D eigenvalue weighted by molar-refractivity contribution is 6.12. The number of amides is 2. The van der Waals surface area contributed by atoms with E-state index in [9.17, 15) is 9.59 Å². The van der Waals surface area contributed by atoms with E-state index >= 15 is 0 Å². The number of carbonyl (C=O) groups is 2. The van der Waals surface area contributed by atoms with Gasteiger partial charge in [0.25, 0.3) is 11.8 Å². The summed E-state index contributed by atoms with van der Waals surface area (Å²) < 4.78 is 39.6. The topological polar surface area (TPSA) is 133 Å². The molecule has 1 aliphatic heterocycles. The Morgan fingerprint density at radius 2 is 1.03 bits per heavy atom. The fraction of sp³-hybridized carbons (Fsp3) is 0.750. The Balaban J connectivity index is 1.27. The molecular weight excluding hydrogens is 488 g/mol. The van der Waals surface area contributed by atoms with Crippen molar-refractivity contribution in [3.63, 3.8) is 0 Å². The van der Waals surface area contributed by atoms with E-state index in [-0.39, 0.29) is 18.4 Å². The molecule has 13 heteroatoms. The molecule has 2 heterocycles. The monoisotopic (exact) mass is 528 g/mol. The third-order valence-corrected chi connectivity index (χ3v) is 4.85. The summed E-state index contributed by atoms with van der Waals surface area (Å²) in [6.45, 7) is 10.1. The van der Waals surface area contributed by atoms with Crippen molar-refractivity contribution in [2.24, 2.45) is 0 Å². The first-order valence-electron chi connectivity index (χ1n) is 12.7. The summed E-state index contributed by atoms with van der Waals surface area (Å²) >= 11 is 0. The Kier molecular flexibility index (Phi) is 17.4. The summed E-state index contributed by atoms with van der Waals surface area (Å²) in [5, 5.41) is 7.95. The van der Waals surface area contributed by atoms with Gasteiger partial charge < -0.3 is 33.2 Å². The van der Waals surface area contributed by atoms with Gasteiger partial charge in [0.2, 0.25) is 0 Å². The number of nitrogens with zero attached hydrogens (tertiary/aromatic N) is 4. The third kappa shape index (κ3) is 14.9. The Bertz CT molecular complexity index is 757. The van der Waals surface area contributed by atoms with Gasteiger partial charge in [0.1, 0.15) is 5.69 Å². The van der Waals surface area contributed by atoms with E-state index in [4.69, 9.17) is 33.2 Å². The lowest BCUT2D eigenvalue weighted by molar-refractivity contribution is -0.137. The second kappa shape index (κ2) is 20.8. The molecular formula is C24H40N4O9. The molecule has 2 rings (SSSR count). The van der Waals surface area contributed by atoms with Crippen LogP contribution in [0.25, 0.3) is 0 Å². The molecule has 1 aromatic rings. The van der Waals surface area contributed by atoms with Crippen LogP contribution in [0.15, 0.2) is 18.3 Å². The average molecular weight is 529 g/mol. The van der Waals surface area contributed by atoms with Crippen molar-refractivity contribution in [2.45, 2.75) is 26.4 Å². The van der Waals surface area contributed by atoms with Crippen molar-refractivity contribution in [1.29, 1.82) is 0 Å². The van der Waals surface area contributed by atoms with Crippen molar-refractivity contribution in [2.75, 3.05) is 92.5 Å². The average Bonchev–Trinajstić information content (AvgIpc) is 3.48. The van der Waals surface area contributed by atoms with E-state index < -0.39 is 0 Å². The minimum absolute atomic E-state index is 0.105. The van der Waals surface area contributed by atoms with Crippen LogP contribution in [0.1, 0.15) is 19.0 Å². The maximum atomic E-state index is 11.6. The molecule has 1 aromatic heterocycles. The Labute approximate surface area is 217 Å². The summed E-state index contributed by atoms with van der Waals surface area (Å²) in [5.74, 6) is -0.686. The number of rotatable bonds is 25. The maximum absolute atomic E-state index is 11.6. The molecule has 1 aliphatic rings. The Morgan fingerprint density at radius 1 is 0.622 bits per heavy atom. The number of hydrogen-bond donors (Lipinski definition) is 0. The standard InChI is InChI=1S/C24H40N4O9/c1-2-6-31-8-10-33-12-14-35-16-18-37-19-17-36-15-13-34-11-9-32-7-5-27-20-22(25-26-27)21-28-23(29)3-4-24(28)30/h3-4,20H,2,5-19,21H2,1H3. The lowest BCUT2D eigenvalue weighted by atomic mass is 10.4. The van der Waals surface area contributed by atoms with E-state index in [1.165, 1.54) is 12.2 Å². The molecule has 37 heavy (non-hydrogen) atoms. The first kappa shape index (κ1) is 31.0. The van der Waals surface area contributed by atoms with Crippen LogP contribution in [0.3, 0.4) is 0 Å². The summed E-state index contributed by atoms with van der Waals surface area (Å²) in [4.78, 5) is 24.3. The quantitative estimate of drug-likeness (QED) is 0.128. The summed E-state index contributed by atoms with van der Waals surface area (Å²) in [6.07, 6.45) is 5.20. The van der Waals surface area contributed by atoms with Crippen LogP contribution in [-0.2, 0) is 55.8 Å². The van der Waals surface area contributed by atoms with Gasteiger partial charge in [-0.3, -0.25) is 14.5 Å². The van der Waals surface area contributed by atoms with E-state index in [0.717, 1.165) is 17.9 Å². The van der Waals surface area contributed by atoms with Gasteiger partial charge in [-0.1, -0.05) is 12.1 Å². The molecule has 0 saturated carbocycles. The Morgan fingerprint density at radius 3 is 1.46 bits per heavy atom. The summed E-state index contributed by atoms with van der Waals surface area (Å²) in [7, 11) is 0. The highest BCUT2D eigenvalue weighted by Gasteiger charge is 2.24. The molecule has 0 radical (unpaired) electrons. The number of imide groups is 1. The van der Waals surface area contributed by atoms with E-state index in [1.54, 1.807) is 10.9 Å². The highest BCUT2D eigenvalue weighted by atomic mass is 16.6. The second-order valence-electron chi connectivity index (χ2n) is 7.86. The van der Waals surface area contributed by atoms with Gasteiger partial charge in [-0.25, -0.2) is 4.68 Å². The molecule has 13 nitrogen and oxygen atoms in total. The predicted molar refractivity (Wildman–Crippen MR) is 131 cm³/mol. The van der Waals surface area contributed by atoms with Crippen LogP contribution < -0.4 is 0 Å². The van der Waals surface area contributed by atoms with Gasteiger partial charge in [0.05, 0.1) is 105 Å². The SMILES string of the molecule is CCCOCCOCCOCCOCCOCCOCCOCCn1cc(CN2C(=O)C=CC2=O)nn1.